The molecule has 0 saturated heterocycles. The van der Waals surface area contributed by atoms with Gasteiger partial charge in [-0.3, -0.25) is 15.0 Å². The van der Waals surface area contributed by atoms with Crippen LogP contribution in [0.25, 0.3) is 0 Å². The number of nitro groups is 1. The van der Waals surface area contributed by atoms with Gasteiger partial charge < -0.3 is 9.64 Å². The number of carbonyl (C=O) groups is 1. The quantitative estimate of drug-likeness (QED) is 0.269. The highest BCUT2D eigenvalue weighted by atomic mass is 16.8. The van der Waals surface area contributed by atoms with Gasteiger partial charge in [-0.2, -0.15) is 0 Å². The van der Waals surface area contributed by atoms with E-state index in [0.29, 0.717) is 5.71 Å². The van der Waals surface area contributed by atoms with Gasteiger partial charge in [0, 0.05) is 30.6 Å². The lowest BCUT2D eigenvalue weighted by molar-refractivity contribution is -0.384. The van der Waals surface area contributed by atoms with Crippen molar-refractivity contribution in [1.82, 2.24) is 0 Å². The summed E-state index contributed by atoms with van der Waals surface area (Å²) in [6, 6.07) is 13.7. The van der Waals surface area contributed by atoms with Gasteiger partial charge >= 0.3 is 6.16 Å². The smallest absolute Gasteiger partial charge is 0.436 e. The molecule has 25 heavy (non-hydrogen) atoms. The molecule has 2 rings (SSSR count). The second kappa shape index (κ2) is 7.91. The van der Waals surface area contributed by atoms with Gasteiger partial charge in [-0.15, -0.1) is 0 Å². The van der Waals surface area contributed by atoms with Crippen LogP contribution in [0.1, 0.15) is 12.5 Å². The van der Waals surface area contributed by atoms with Gasteiger partial charge in [0.15, 0.2) is 0 Å². The Hall–Kier alpha value is -3.42. The molecule has 0 heterocycles. The molecule has 0 N–H and O–H groups in total. The maximum Gasteiger partial charge on any atom is 0.534 e. The number of carbonyl (C=O) groups excluding carboxylic acids is 1. The molecule has 0 amide bonds. The Labute approximate surface area is 144 Å². The number of hydrogen-bond donors (Lipinski definition) is 0. The zero-order valence-corrected chi connectivity index (χ0v) is 14.0. The third-order valence-corrected chi connectivity index (χ3v) is 3.54. The maximum atomic E-state index is 10.9. The van der Waals surface area contributed by atoms with E-state index in [1.165, 1.54) is 19.2 Å². The van der Waals surface area contributed by atoms with Crippen LogP contribution in [0, 0.1) is 10.1 Å². The Bertz CT molecular complexity index is 785. The van der Waals surface area contributed by atoms with Crippen LogP contribution in [0.4, 0.5) is 21.9 Å². The van der Waals surface area contributed by atoms with Gasteiger partial charge in [-0.1, -0.05) is 17.3 Å². The van der Waals surface area contributed by atoms with Crippen LogP contribution in [-0.2, 0) is 9.57 Å². The zero-order chi connectivity index (χ0) is 18.4. The molecule has 0 radical (unpaired) electrons. The first-order valence-electron chi connectivity index (χ1n) is 7.30. The van der Waals surface area contributed by atoms with Gasteiger partial charge in [-0.05, 0) is 36.8 Å². The summed E-state index contributed by atoms with van der Waals surface area (Å²) < 4.78 is 4.34. The van der Waals surface area contributed by atoms with E-state index in [2.05, 4.69) is 14.7 Å². The molecule has 0 aliphatic rings. The number of oxime groups is 1. The minimum Gasteiger partial charge on any atom is -0.436 e. The number of ether oxygens (including phenoxy) is 1. The first-order valence-corrected chi connectivity index (χ1v) is 7.30. The van der Waals surface area contributed by atoms with Crippen molar-refractivity contribution in [3.05, 3.63) is 64.2 Å². The average Bonchev–Trinajstić information content (AvgIpc) is 2.65. The fourth-order valence-electron chi connectivity index (χ4n) is 2.07. The van der Waals surface area contributed by atoms with E-state index >= 15 is 0 Å². The predicted octanol–water partition coefficient (Wildman–Crippen LogP) is 3.87. The highest BCUT2D eigenvalue weighted by Gasteiger charge is 2.09. The fraction of sp³-hybridized carbons (Fsp3) is 0.176. The Morgan fingerprint density at radius 3 is 2.08 bits per heavy atom. The molecule has 0 spiro atoms. The topological polar surface area (TPSA) is 94.3 Å². The lowest BCUT2D eigenvalue weighted by atomic mass is 10.1. The Kier molecular flexibility index (Phi) is 5.67. The number of non-ortho nitro benzene ring substituents is 1. The Morgan fingerprint density at radius 2 is 1.60 bits per heavy atom. The van der Waals surface area contributed by atoms with E-state index in [0.717, 1.165) is 16.9 Å². The van der Waals surface area contributed by atoms with E-state index in [4.69, 9.17) is 0 Å². The number of rotatable bonds is 5. The molecule has 8 nitrogen and oxygen atoms in total. The van der Waals surface area contributed by atoms with Crippen LogP contribution in [0.15, 0.2) is 53.7 Å². The molecule has 0 saturated carbocycles. The summed E-state index contributed by atoms with van der Waals surface area (Å²) in [6.45, 7) is 1.71. The van der Waals surface area contributed by atoms with Crippen LogP contribution in [0.2, 0.25) is 0 Å². The molecular formula is C17H17N3O5. The summed E-state index contributed by atoms with van der Waals surface area (Å²) in [5, 5.41) is 14.4. The second-order valence-electron chi connectivity index (χ2n) is 5.10. The first-order chi connectivity index (χ1) is 11.9. The van der Waals surface area contributed by atoms with Crippen molar-refractivity contribution in [3.8, 4) is 0 Å². The van der Waals surface area contributed by atoms with Crippen LogP contribution in [0.3, 0.4) is 0 Å². The standard InChI is InChI=1S/C17H17N3O5/c1-12(18-25-17(21)24-3)13-4-6-14(7-5-13)19(2)15-8-10-16(11-9-15)20(22)23/h4-11H,1-3H3/b18-12+. The number of hydrogen-bond acceptors (Lipinski definition) is 7. The Balaban J connectivity index is 2.13. The molecule has 0 atom stereocenters. The van der Waals surface area contributed by atoms with Crippen molar-refractivity contribution < 1.29 is 19.3 Å². The minimum absolute atomic E-state index is 0.0462. The minimum atomic E-state index is -0.881. The Morgan fingerprint density at radius 1 is 1.08 bits per heavy atom. The van der Waals surface area contributed by atoms with Crippen molar-refractivity contribution in [2.45, 2.75) is 6.92 Å². The monoisotopic (exact) mass is 343 g/mol. The number of benzene rings is 2. The number of nitrogens with zero attached hydrogens (tertiary/aromatic N) is 3. The maximum absolute atomic E-state index is 10.9. The molecule has 0 aromatic heterocycles. The molecule has 0 aliphatic heterocycles. The summed E-state index contributed by atoms with van der Waals surface area (Å²) in [7, 11) is 3.06. The van der Waals surface area contributed by atoms with Crippen molar-refractivity contribution in [3.63, 3.8) is 0 Å². The summed E-state index contributed by atoms with van der Waals surface area (Å²) in [5.41, 5.74) is 3.06. The summed E-state index contributed by atoms with van der Waals surface area (Å²) in [6.07, 6.45) is -0.881. The predicted molar refractivity (Wildman–Crippen MR) is 93.3 cm³/mol. The molecule has 0 bridgehead atoms. The van der Waals surface area contributed by atoms with Crippen molar-refractivity contribution >= 4 is 28.9 Å². The lowest BCUT2D eigenvalue weighted by Gasteiger charge is -2.19. The van der Waals surface area contributed by atoms with Crippen LogP contribution in [0.5, 0.6) is 0 Å². The summed E-state index contributed by atoms with van der Waals surface area (Å²) >= 11 is 0. The van der Waals surface area contributed by atoms with Crippen LogP contribution in [-0.4, -0.2) is 30.9 Å². The molecule has 8 heteroatoms. The van der Waals surface area contributed by atoms with E-state index in [1.807, 2.05) is 36.2 Å². The van der Waals surface area contributed by atoms with Crippen LogP contribution < -0.4 is 4.90 Å². The number of anilines is 2. The third-order valence-electron chi connectivity index (χ3n) is 3.54. The summed E-state index contributed by atoms with van der Waals surface area (Å²) in [4.78, 5) is 27.6. The lowest BCUT2D eigenvalue weighted by Crippen LogP contribution is -2.09. The van der Waals surface area contributed by atoms with Gasteiger partial charge in [0.1, 0.15) is 0 Å². The largest absolute Gasteiger partial charge is 0.534 e. The van der Waals surface area contributed by atoms with Crippen LogP contribution >= 0.6 is 0 Å². The molecule has 2 aromatic carbocycles. The first kappa shape index (κ1) is 17.9. The highest BCUT2D eigenvalue weighted by Crippen LogP contribution is 2.25. The van der Waals surface area contributed by atoms with E-state index in [-0.39, 0.29) is 5.69 Å². The van der Waals surface area contributed by atoms with Gasteiger partial charge in [-0.25, -0.2) is 4.79 Å². The van der Waals surface area contributed by atoms with Crippen molar-refractivity contribution in [1.29, 1.82) is 0 Å². The SMILES string of the molecule is COC(=O)O/N=C(\C)c1ccc(N(C)c2ccc([N+](=O)[O-])cc2)cc1. The molecule has 2 aromatic rings. The van der Waals surface area contributed by atoms with Crippen molar-refractivity contribution in [2.75, 3.05) is 19.1 Å². The highest BCUT2D eigenvalue weighted by molar-refractivity contribution is 5.98. The van der Waals surface area contributed by atoms with Gasteiger partial charge in [0.25, 0.3) is 5.69 Å². The number of methoxy groups -OCH3 is 1. The second-order valence-corrected chi connectivity index (χ2v) is 5.10. The third kappa shape index (κ3) is 4.54. The summed E-state index contributed by atoms with van der Waals surface area (Å²) in [5.74, 6) is 0. The van der Waals surface area contributed by atoms with E-state index < -0.39 is 11.1 Å². The molecule has 0 aliphatic carbocycles. The van der Waals surface area contributed by atoms with E-state index in [9.17, 15) is 14.9 Å². The van der Waals surface area contributed by atoms with Gasteiger partial charge in [0.2, 0.25) is 0 Å². The van der Waals surface area contributed by atoms with Crippen molar-refractivity contribution in [2.24, 2.45) is 5.16 Å². The molecule has 0 fully saturated rings. The average molecular weight is 343 g/mol. The fourth-order valence-corrected chi connectivity index (χ4v) is 2.07. The molecular weight excluding hydrogens is 326 g/mol. The number of nitro benzene ring substituents is 1. The molecule has 130 valence electrons. The zero-order valence-electron chi connectivity index (χ0n) is 14.0. The normalized spacial score (nSPS) is 10.9. The van der Waals surface area contributed by atoms with Gasteiger partial charge in [0.05, 0.1) is 17.7 Å². The van der Waals surface area contributed by atoms with E-state index in [1.54, 1.807) is 19.1 Å². The molecule has 0 unspecified atom stereocenters.